The fourth-order valence-corrected chi connectivity index (χ4v) is 1.86. The van der Waals surface area contributed by atoms with Gasteiger partial charge in [-0.05, 0) is 13.3 Å². The fraction of sp³-hybridized carbons (Fsp3) is 0.500. The molecular weight excluding hydrogens is 264 g/mol. The Bertz CT molecular complexity index is 525. The zero-order chi connectivity index (χ0) is 13.7. The van der Waals surface area contributed by atoms with Gasteiger partial charge in [-0.1, -0.05) is 18.5 Å². The van der Waals surface area contributed by atoms with Crippen LogP contribution in [-0.4, -0.2) is 31.7 Å². The Labute approximate surface area is 117 Å². The number of halogens is 1. The van der Waals surface area contributed by atoms with E-state index in [0.29, 0.717) is 5.15 Å². The molecule has 102 valence electrons. The molecular formula is C12H17ClN6. The summed E-state index contributed by atoms with van der Waals surface area (Å²) in [7, 11) is 0. The van der Waals surface area contributed by atoms with E-state index in [4.69, 9.17) is 11.6 Å². The van der Waals surface area contributed by atoms with Crippen molar-refractivity contribution >= 4 is 17.4 Å². The number of nitrogens with one attached hydrogen (secondary N) is 2. The molecule has 0 bridgehead atoms. The smallest absolute Gasteiger partial charge is 0.137 e. The quantitative estimate of drug-likeness (QED) is 0.626. The van der Waals surface area contributed by atoms with E-state index in [-0.39, 0.29) is 0 Å². The molecule has 0 radical (unpaired) electrons. The van der Waals surface area contributed by atoms with Crippen LogP contribution >= 0.6 is 11.6 Å². The Morgan fingerprint density at radius 3 is 2.89 bits per heavy atom. The van der Waals surface area contributed by atoms with Gasteiger partial charge in [0.05, 0.1) is 0 Å². The Morgan fingerprint density at radius 2 is 2.21 bits per heavy atom. The molecule has 0 saturated heterocycles. The number of rotatable bonds is 6. The molecule has 19 heavy (non-hydrogen) atoms. The number of H-pyrrole nitrogens is 1. The highest BCUT2D eigenvalue weighted by Crippen LogP contribution is 2.19. The van der Waals surface area contributed by atoms with E-state index in [1.165, 1.54) is 6.33 Å². The summed E-state index contributed by atoms with van der Waals surface area (Å²) in [4.78, 5) is 12.7. The average molecular weight is 281 g/mol. The summed E-state index contributed by atoms with van der Waals surface area (Å²) >= 11 is 6.08. The maximum absolute atomic E-state index is 6.08. The van der Waals surface area contributed by atoms with Crippen LogP contribution in [0.5, 0.6) is 0 Å². The zero-order valence-electron chi connectivity index (χ0n) is 11.1. The minimum Gasteiger partial charge on any atom is -0.370 e. The van der Waals surface area contributed by atoms with E-state index >= 15 is 0 Å². The number of anilines is 1. The molecule has 0 aliphatic rings. The first-order valence-corrected chi connectivity index (χ1v) is 6.69. The van der Waals surface area contributed by atoms with Crippen molar-refractivity contribution < 1.29 is 0 Å². The van der Waals surface area contributed by atoms with Gasteiger partial charge in [0.25, 0.3) is 0 Å². The van der Waals surface area contributed by atoms with Crippen molar-refractivity contribution in [3.8, 4) is 0 Å². The van der Waals surface area contributed by atoms with E-state index in [0.717, 1.165) is 48.8 Å². The molecule has 2 aromatic heterocycles. The van der Waals surface area contributed by atoms with Gasteiger partial charge in [-0.15, -0.1) is 0 Å². The van der Waals surface area contributed by atoms with Gasteiger partial charge in [0, 0.05) is 24.9 Å². The topological polar surface area (TPSA) is 79.4 Å². The van der Waals surface area contributed by atoms with Gasteiger partial charge >= 0.3 is 0 Å². The normalized spacial score (nSPS) is 10.7. The fourth-order valence-electron chi connectivity index (χ4n) is 1.68. The zero-order valence-corrected chi connectivity index (χ0v) is 11.8. The van der Waals surface area contributed by atoms with E-state index < -0.39 is 0 Å². The second kappa shape index (κ2) is 6.47. The Balaban J connectivity index is 1.90. The molecule has 0 amide bonds. The molecule has 0 fully saturated rings. The Hall–Kier alpha value is -1.69. The predicted molar refractivity (Wildman–Crippen MR) is 74.4 cm³/mol. The molecule has 0 unspecified atom stereocenters. The molecule has 7 heteroatoms. The van der Waals surface area contributed by atoms with Crippen LogP contribution in [0.15, 0.2) is 6.33 Å². The number of nitrogens with zero attached hydrogens (tertiary/aromatic N) is 4. The lowest BCUT2D eigenvalue weighted by Crippen LogP contribution is -2.09. The van der Waals surface area contributed by atoms with Gasteiger partial charge in [-0.3, -0.25) is 5.10 Å². The van der Waals surface area contributed by atoms with Crippen molar-refractivity contribution in [3.63, 3.8) is 0 Å². The van der Waals surface area contributed by atoms with Crippen LogP contribution in [0.1, 0.15) is 30.6 Å². The Kier molecular flexibility index (Phi) is 4.68. The molecule has 6 nitrogen and oxygen atoms in total. The highest BCUT2D eigenvalue weighted by molar-refractivity contribution is 6.30. The molecule has 2 N–H and O–H groups in total. The number of aromatic nitrogens is 5. The van der Waals surface area contributed by atoms with Crippen LogP contribution in [-0.2, 0) is 12.8 Å². The SMILES string of the molecule is CCc1nc(Cl)c(C)c(NCCCc2ncn[nH]2)n1. The summed E-state index contributed by atoms with van der Waals surface area (Å²) in [6.45, 7) is 4.73. The number of hydrogen-bond donors (Lipinski definition) is 2. The van der Waals surface area contributed by atoms with Crippen LogP contribution < -0.4 is 5.32 Å². The van der Waals surface area contributed by atoms with Crippen LogP contribution in [0.25, 0.3) is 0 Å². The van der Waals surface area contributed by atoms with Crippen LogP contribution in [0.2, 0.25) is 5.15 Å². The van der Waals surface area contributed by atoms with E-state index in [2.05, 4.69) is 30.5 Å². The van der Waals surface area contributed by atoms with Crippen molar-refractivity contribution in [1.82, 2.24) is 25.1 Å². The Morgan fingerprint density at radius 1 is 1.37 bits per heavy atom. The molecule has 2 heterocycles. The summed E-state index contributed by atoms with van der Waals surface area (Å²) < 4.78 is 0. The maximum Gasteiger partial charge on any atom is 0.137 e. The minimum atomic E-state index is 0.518. The van der Waals surface area contributed by atoms with Crippen molar-refractivity contribution in [2.45, 2.75) is 33.1 Å². The summed E-state index contributed by atoms with van der Waals surface area (Å²) in [5.74, 6) is 2.47. The van der Waals surface area contributed by atoms with Gasteiger partial charge in [0.15, 0.2) is 0 Å². The third-order valence-electron chi connectivity index (χ3n) is 2.80. The van der Waals surface area contributed by atoms with Crippen molar-refractivity contribution in [3.05, 3.63) is 28.7 Å². The molecule has 0 aliphatic heterocycles. The van der Waals surface area contributed by atoms with Crippen molar-refractivity contribution in [2.75, 3.05) is 11.9 Å². The van der Waals surface area contributed by atoms with Crippen LogP contribution in [0, 0.1) is 6.92 Å². The lowest BCUT2D eigenvalue weighted by atomic mass is 10.3. The van der Waals surface area contributed by atoms with Crippen molar-refractivity contribution in [1.29, 1.82) is 0 Å². The van der Waals surface area contributed by atoms with Gasteiger partial charge in [0.2, 0.25) is 0 Å². The standard InChI is InChI=1S/C12H17ClN6/c1-3-9-17-11(13)8(2)12(18-9)14-6-4-5-10-15-7-16-19-10/h7H,3-6H2,1-2H3,(H,14,17,18)(H,15,16,19). The minimum absolute atomic E-state index is 0.518. The van der Waals surface area contributed by atoms with Gasteiger partial charge in [-0.2, -0.15) is 5.10 Å². The largest absolute Gasteiger partial charge is 0.370 e. The summed E-state index contributed by atoms with van der Waals surface area (Å²) in [5, 5.41) is 10.5. The molecule has 0 atom stereocenters. The summed E-state index contributed by atoms with van der Waals surface area (Å²) in [5.41, 5.74) is 0.888. The molecule has 2 rings (SSSR count). The van der Waals surface area contributed by atoms with Gasteiger partial charge < -0.3 is 5.32 Å². The molecule has 0 aromatic carbocycles. The third-order valence-corrected chi connectivity index (χ3v) is 3.16. The second-order valence-electron chi connectivity index (χ2n) is 4.22. The van der Waals surface area contributed by atoms with E-state index in [1.807, 2.05) is 13.8 Å². The molecule has 0 spiro atoms. The highest BCUT2D eigenvalue weighted by Gasteiger charge is 2.08. The first-order valence-electron chi connectivity index (χ1n) is 6.31. The summed E-state index contributed by atoms with van der Waals surface area (Å²) in [6, 6.07) is 0. The second-order valence-corrected chi connectivity index (χ2v) is 4.58. The van der Waals surface area contributed by atoms with Crippen LogP contribution in [0.3, 0.4) is 0 Å². The number of aromatic amines is 1. The molecule has 0 aliphatic carbocycles. The maximum atomic E-state index is 6.08. The van der Waals surface area contributed by atoms with Crippen LogP contribution in [0.4, 0.5) is 5.82 Å². The first kappa shape index (κ1) is 13.7. The summed E-state index contributed by atoms with van der Waals surface area (Å²) in [6.07, 6.45) is 4.08. The van der Waals surface area contributed by atoms with E-state index in [1.54, 1.807) is 0 Å². The lowest BCUT2D eigenvalue weighted by molar-refractivity contribution is 0.800. The number of aryl methyl sites for hydroxylation is 2. The molecule has 0 saturated carbocycles. The van der Waals surface area contributed by atoms with Crippen molar-refractivity contribution in [2.24, 2.45) is 0 Å². The average Bonchev–Trinajstić information content (AvgIpc) is 2.92. The number of hydrogen-bond acceptors (Lipinski definition) is 5. The van der Waals surface area contributed by atoms with Gasteiger partial charge in [-0.25, -0.2) is 15.0 Å². The van der Waals surface area contributed by atoms with E-state index in [9.17, 15) is 0 Å². The predicted octanol–water partition coefficient (Wildman–Crippen LogP) is 2.16. The highest BCUT2D eigenvalue weighted by atomic mass is 35.5. The lowest BCUT2D eigenvalue weighted by Gasteiger charge is -2.10. The van der Waals surface area contributed by atoms with Gasteiger partial charge in [0.1, 0.15) is 28.9 Å². The molecule has 2 aromatic rings. The first-order chi connectivity index (χ1) is 9.20. The monoisotopic (exact) mass is 280 g/mol. The third kappa shape index (κ3) is 3.64.